The lowest BCUT2D eigenvalue weighted by Gasteiger charge is -2.23. The maximum absolute atomic E-state index is 12.6. The summed E-state index contributed by atoms with van der Waals surface area (Å²) in [4.78, 5) is 0. The summed E-state index contributed by atoms with van der Waals surface area (Å²) in [6.45, 7) is 4.54. The van der Waals surface area contributed by atoms with Crippen LogP contribution in [0.3, 0.4) is 0 Å². The topological polar surface area (TPSA) is 46.6 Å². The zero-order valence-corrected chi connectivity index (χ0v) is 14.1. The summed E-state index contributed by atoms with van der Waals surface area (Å²) < 4.78 is 33.4. The van der Waals surface area contributed by atoms with E-state index < -0.39 is 10.0 Å². The zero-order chi connectivity index (χ0) is 13.9. The average molecular weight is 368 g/mol. The Hall–Kier alpha value is 0.0500. The molecule has 0 saturated carbocycles. The first kappa shape index (κ1) is 15.4. The van der Waals surface area contributed by atoms with Crippen molar-refractivity contribution >= 4 is 37.3 Å². The Morgan fingerprint density at radius 1 is 1.53 bits per heavy atom. The molecule has 2 rings (SSSR count). The van der Waals surface area contributed by atoms with Gasteiger partial charge in [-0.15, -0.1) is 11.3 Å². The molecule has 19 heavy (non-hydrogen) atoms. The molecule has 4 nitrogen and oxygen atoms in total. The van der Waals surface area contributed by atoms with Crippen LogP contribution in [-0.4, -0.2) is 39.0 Å². The van der Waals surface area contributed by atoms with E-state index in [1.165, 1.54) is 11.3 Å². The first-order chi connectivity index (χ1) is 9.04. The third-order valence-electron chi connectivity index (χ3n) is 3.10. The highest BCUT2D eigenvalue weighted by atomic mass is 79.9. The van der Waals surface area contributed by atoms with Gasteiger partial charge in [0.2, 0.25) is 0 Å². The van der Waals surface area contributed by atoms with Gasteiger partial charge >= 0.3 is 0 Å². The fourth-order valence-corrected chi connectivity index (χ4v) is 5.91. The fourth-order valence-electron chi connectivity index (χ4n) is 2.14. The number of rotatable bonds is 6. The largest absolute Gasteiger partial charge is 0.381 e. The average Bonchev–Trinajstić information content (AvgIpc) is 3.00. The maximum atomic E-state index is 12.6. The monoisotopic (exact) mass is 367 g/mol. The molecule has 0 N–H and O–H groups in total. The Balaban J connectivity index is 2.16. The van der Waals surface area contributed by atoms with Gasteiger partial charge in [0.15, 0.2) is 0 Å². The molecule has 7 heteroatoms. The molecule has 0 radical (unpaired) electrons. The Morgan fingerprint density at radius 3 is 2.84 bits per heavy atom. The molecule has 1 aromatic rings. The summed E-state index contributed by atoms with van der Waals surface area (Å²) in [5, 5.41) is 0. The van der Waals surface area contributed by atoms with Crippen molar-refractivity contribution in [3.05, 3.63) is 15.9 Å². The molecule has 108 valence electrons. The van der Waals surface area contributed by atoms with Gasteiger partial charge in [-0.25, -0.2) is 8.42 Å². The molecule has 0 aliphatic carbocycles. The molecular formula is C12H18BrNO3S2. The summed E-state index contributed by atoms with van der Waals surface area (Å²) in [7, 11) is -3.36. The van der Waals surface area contributed by atoms with Gasteiger partial charge in [0.25, 0.3) is 10.0 Å². The number of thiophene rings is 1. The number of ether oxygens (including phenoxy) is 1. The molecule has 2 heterocycles. The van der Waals surface area contributed by atoms with Gasteiger partial charge in [-0.3, -0.25) is 0 Å². The number of hydrogen-bond acceptors (Lipinski definition) is 4. The predicted molar refractivity (Wildman–Crippen MR) is 80.0 cm³/mol. The van der Waals surface area contributed by atoms with Crippen LogP contribution in [0.5, 0.6) is 0 Å². The molecule has 1 atom stereocenters. The Labute approximate surface area is 126 Å². The van der Waals surface area contributed by atoms with Crippen LogP contribution in [0.4, 0.5) is 0 Å². The molecule has 1 aliphatic rings. The SMILES string of the molecule is CCCN(CC1CCOC1)S(=O)(=O)c1ccc(Br)s1. The van der Waals surface area contributed by atoms with Gasteiger partial charge in [0.05, 0.1) is 10.4 Å². The number of halogens is 1. The third-order valence-corrected chi connectivity index (χ3v) is 7.06. The Kier molecular flexibility index (Phi) is 5.42. The van der Waals surface area contributed by atoms with Crippen molar-refractivity contribution in [3.63, 3.8) is 0 Å². The van der Waals surface area contributed by atoms with Crippen LogP contribution in [0.1, 0.15) is 19.8 Å². The second kappa shape index (κ2) is 6.67. The molecule has 0 bridgehead atoms. The highest BCUT2D eigenvalue weighted by molar-refractivity contribution is 9.11. The lowest BCUT2D eigenvalue weighted by Crippen LogP contribution is -2.35. The summed E-state index contributed by atoms with van der Waals surface area (Å²) >= 11 is 4.58. The van der Waals surface area contributed by atoms with Crippen LogP contribution in [-0.2, 0) is 14.8 Å². The molecule has 1 fully saturated rings. The van der Waals surface area contributed by atoms with Crippen LogP contribution in [0.25, 0.3) is 0 Å². The van der Waals surface area contributed by atoms with E-state index in [2.05, 4.69) is 15.9 Å². The van der Waals surface area contributed by atoms with Crippen LogP contribution in [0.2, 0.25) is 0 Å². The molecule has 0 amide bonds. The van der Waals surface area contributed by atoms with Crippen molar-refractivity contribution in [2.75, 3.05) is 26.3 Å². The van der Waals surface area contributed by atoms with Crippen molar-refractivity contribution in [1.29, 1.82) is 0 Å². The normalized spacial score (nSPS) is 20.3. The van der Waals surface area contributed by atoms with Gasteiger partial charge in [0, 0.05) is 19.7 Å². The van der Waals surface area contributed by atoms with Crippen LogP contribution in [0, 0.1) is 5.92 Å². The van der Waals surface area contributed by atoms with Crippen molar-refractivity contribution in [2.24, 2.45) is 5.92 Å². The summed E-state index contributed by atoms with van der Waals surface area (Å²) in [5.74, 6) is 0.324. The zero-order valence-electron chi connectivity index (χ0n) is 10.8. The Morgan fingerprint density at radius 2 is 2.32 bits per heavy atom. The molecule has 0 spiro atoms. The number of hydrogen-bond donors (Lipinski definition) is 0. The second-order valence-corrected chi connectivity index (χ2v) is 9.28. The molecule has 1 aromatic heterocycles. The van der Waals surface area contributed by atoms with Gasteiger partial charge < -0.3 is 4.74 Å². The van der Waals surface area contributed by atoms with E-state index in [1.807, 2.05) is 6.92 Å². The smallest absolute Gasteiger partial charge is 0.252 e. The number of sulfonamides is 1. The molecule has 1 aliphatic heterocycles. The van der Waals surface area contributed by atoms with E-state index in [4.69, 9.17) is 4.74 Å². The van der Waals surface area contributed by atoms with Crippen molar-refractivity contribution < 1.29 is 13.2 Å². The molecule has 1 saturated heterocycles. The second-order valence-electron chi connectivity index (χ2n) is 4.65. The van der Waals surface area contributed by atoms with Crippen molar-refractivity contribution in [1.82, 2.24) is 4.31 Å². The summed E-state index contributed by atoms with van der Waals surface area (Å²) in [6, 6.07) is 3.44. The lowest BCUT2D eigenvalue weighted by atomic mass is 10.1. The maximum Gasteiger partial charge on any atom is 0.252 e. The first-order valence-electron chi connectivity index (χ1n) is 6.37. The minimum atomic E-state index is -3.36. The van der Waals surface area contributed by atoms with E-state index in [1.54, 1.807) is 16.4 Å². The van der Waals surface area contributed by atoms with E-state index in [0.29, 0.717) is 29.8 Å². The van der Waals surface area contributed by atoms with Crippen molar-refractivity contribution in [3.8, 4) is 0 Å². The number of nitrogens with zero attached hydrogens (tertiary/aromatic N) is 1. The van der Waals surface area contributed by atoms with Gasteiger partial charge in [-0.05, 0) is 46.8 Å². The van der Waals surface area contributed by atoms with Gasteiger partial charge in [-0.1, -0.05) is 6.92 Å². The quantitative estimate of drug-likeness (QED) is 0.776. The highest BCUT2D eigenvalue weighted by Gasteiger charge is 2.29. The lowest BCUT2D eigenvalue weighted by molar-refractivity contribution is 0.180. The fraction of sp³-hybridized carbons (Fsp3) is 0.667. The summed E-state index contributed by atoms with van der Waals surface area (Å²) in [6.07, 6.45) is 1.77. The van der Waals surface area contributed by atoms with E-state index in [-0.39, 0.29) is 0 Å². The Bertz CT molecular complexity index is 509. The van der Waals surface area contributed by atoms with E-state index in [9.17, 15) is 8.42 Å². The summed E-state index contributed by atoms with van der Waals surface area (Å²) in [5.41, 5.74) is 0. The first-order valence-corrected chi connectivity index (χ1v) is 9.42. The van der Waals surface area contributed by atoms with Gasteiger partial charge in [-0.2, -0.15) is 4.31 Å². The van der Waals surface area contributed by atoms with Crippen LogP contribution < -0.4 is 0 Å². The highest BCUT2D eigenvalue weighted by Crippen LogP contribution is 2.29. The van der Waals surface area contributed by atoms with E-state index in [0.717, 1.165) is 23.2 Å². The minimum absolute atomic E-state index is 0.324. The third kappa shape index (κ3) is 3.78. The molecule has 0 aromatic carbocycles. The van der Waals surface area contributed by atoms with Crippen LogP contribution >= 0.6 is 27.3 Å². The molecular weight excluding hydrogens is 350 g/mol. The predicted octanol–water partition coefficient (Wildman–Crippen LogP) is 2.95. The van der Waals surface area contributed by atoms with Crippen molar-refractivity contribution in [2.45, 2.75) is 24.0 Å². The minimum Gasteiger partial charge on any atom is -0.381 e. The van der Waals surface area contributed by atoms with Gasteiger partial charge in [0.1, 0.15) is 4.21 Å². The molecule has 1 unspecified atom stereocenters. The van der Waals surface area contributed by atoms with E-state index >= 15 is 0 Å². The standard InChI is InChI=1S/C12H18BrNO3S2/c1-2-6-14(8-10-5-7-17-9-10)19(15,16)12-4-3-11(13)18-12/h3-4,10H,2,5-9H2,1H3. The van der Waals surface area contributed by atoms with Crippen LogP contribution in [0.15, 0.2) is 20.1 Å².